The van der Waals surface area contributed by atoms with E-state index < -0.39 is 23.1 Å². The van der Waals surface area contributed by atoms with Crippen LogP contribution in [-0.4, -0.2) is 5.11 Å². The maximum absolute atomic E-state index is 13.2. The Balaban J connectivity index is 2.21. The van der Waals surface area contributed by atoms with E-state index in [0.29, 0.717) is 16.7 Å². The van der Waals surface area contributed by atoms with Gasteiger partial charge in [-0.1, -0.05) is 36.4 Å². The van der Waals surface area contributed by atoms with Crippen molar-refractivity contribution in [1.82, 2.24) is 0 Å². The number of aliphatic hydroxyl groups is 1. The van der Waals surface area contributed by atoms with Crippen molar-refractivity contribution >= 4 is 0 Å². The lowest BCUT2D eigenvalue weighted by Crippen LogP contribution is -2.28. The Morgan fingerprint density at radius 1 is 0.478 bits per heavy atom. The SMILES string of the molecule is OC(c1ccc(F)cc1)(c1ccc(F)cc1)c1ccc(F)cc1. The Morgan fingerprint density at radius 2 is 0.696 bits per heavy atom. The summed E-state index contributed by atoms with van der Waals surface area (Å²) in [5.74, 6) is -1.31. The summed E-state index contributed by atoms with van der Waals surface area (Å²) in [6.07, 6.45) is 0. The van der Waals surface area contributed by atoms with Gasteiger partial charge in [0.15, 0.2) is 0 Å². The Labute approximate surface area is 131 Å². The van der Waals surface area contributed by atoms with Gasteiger partial charge in [-0.3, -0.25) is 0 Å². The molecule has 0 amide bonds. The first-order valence-corrected chi connectivity index (χ1v) is 7.00. The summed E-state index contributed by atoms with van der Waals surface area (Å²) in [5, 5.41) is 11.3. The van der Waals surface area contributed by atoms with Crippen LogP contribution in [0.25, 0.3) is 0 Å². The molecule has 23 heavy (non-hydrogen) atoms. The topological polar surface area (TPSA) is 20.2 Å². The number of hydrogen-bond donors (Lipinski definition) is 1. The first-order valence-electron chi connectivity index (χ1n) is 7.00. The number of rotatable bonds is 3. The summed E-state index contributed by atoms with van der Waals surface area (Å²) in [4.78, 5) is 0. The third kappa shape index (κ3) is 2.85. The number of hydrogen-bond acceptors (Lipinski definition) is 1. The standard InChI is InChI=1S/C19H13F3O/c20-16-7-1-13(2-8-16)19(23,14-3-9-17(21)10-4-14)15-5-11-18(22)12-6-15/h1-12,23H. The minimum absolute atomic E-state index is 0.400. The monoisotopic (exact) mass is 314 g/mol. The Kier molecular flexibility index (Phi) is 3.92. The second-order valence-corrected chi connectivity index (χ2v) is 5.23. The van der Waals surface area contributed by atoms with Crippen molar-refractivity contribution in [2.45, 2.75) is 5.60 Å². The summed E-state index contributed by atoms with van der Waals surface area (Å²) in [6.45, 7) is 0. The average Bonchev–Trinajstić information content (AvgIpc) is 2.56. The lowest BCUT2D eigenvalue weighted by molar-refractivity contribution is 0.125. The van der Waals surface area contributed by atoms with E-state index in [4.69, 9.17) is 0 Å². The molecule has 4 heteroatoms. The predicted molar refractivity (Wildman–Crippen MR) is 81.3 cm³/mol. The van der Waals surface area contributed by atoms with Crippen LogP contribution in [-0.2, 0) is 5.60 Å². The maximum atomic E-state index is 13.2. The molecule has 0 atom stereocenters. The fourth-order valence-electron chi connectivity index (χ4n) is 2.57. The van der Waals surface area contributed by atoms with Crippen LogP contribution in [0.2, 0.25) is 0 Å². The molecule has 0 radical (unpaired) electrons. The van der Waals surface area contributed by atoms with E-state index in [1.807, 2.05) is 0 Å². The van der Waals surface area contributed by atoms with Gasteiger partial charge in [-0.2, -0.15) is 0 Å². The molecule has 0 spiro atoms. The Bertz CT molecular complexity index is 683. The van der Waals surface area contributed by atoms with Crippen molar-refractivity contribution in [3.63, 3.8) is 0 Å². The summed E-state index contributed by atoms with van der Waals surface area (Å²) in [7, 11) is 0. The second kappa shape index (κ2) is 5.89. The van der Waals surface area contributed by atoms with Crippen LogP contribution in [0.4, 0.5) is 13.2 Å². The van der Waals surface area contributed by atoms with Gasteiger partial charge in [-0.15, -0.1) is 0 Å². The smallest absolute Gasteiger partial charge is 0.140 e. The van der Waals surface area contributed by atoms with Gasteiger partial charge in [0.05, 0.1) is 0 Å². The average molecular weight is 314 g/mol. The van der Waals surface area contributed by atoms with E-state index in [0.717, 1.165) is 0 Å². The van der Waals surface area contributed by atoms with Crippen molar-refractivity contribution in [2.24, 2.45) is 0 Å². The minimum atomic E-state index is -1.64. The molecule has 116 valence electrons. The van der Waals surface area contributed by atoms with Gasteiger partial charge >= 0.3 is 0 Å². The fraction of sp³-hybridized carbons (Fsp3) is 0.0526. The van der Waals surface area contributed by atoms with E-state index in [1.54, 1.807) is 0 Å². The van der Waals surface area contributed by atoms with E-state index in [9.17, 15) is 18.3 Å². The van der Waals surface area contributed by atoms with Gasteiger partial charge in [0.1, 0.15) is 23.1 Å². The zero-order valence-electron chi connectivity index (χ0n) is 12.0. The molecule has 3 aromatic carbocycles. The molecule has 3 aromatic rings. The van der Waals surface area contributed by atoms with Crippen LogP contribution >= 0.6 is 0 Å². The number of halogens is 3. The zero-order valence-corrected chi connectivity index (χ0v) is 12.0. The fourth-order valence-corrected chi connectivity index (χ4v) is 2.57. The second-order valence-electron chi connectivity index (χ2n) is 5.23. The molecule has 0 aliphatic heterocycles. The molecule has 0 aliphatic rings. The van der Waals surface area contributed by atoms with Crippen molar-refractivity contribution in [1.29, 1.82) is 0 Å². The highest BCUT2D eigenvalue weighted by Gasteiger charge is 2.33. The highest BCUT2D eigenvalue weighted by atomic mass is 19.1. The molecular formula is C19H13F3O. The normalized spacial score (nSPS) is 11.5. The largest absolute Gasteiger partial charge is 0.376 e. The van der Waals surface area contributed by atoms with Crippen molar-refractivity contribution in [2.75, 3.05) is 0 Å². The van der Waals surface area contributed by atoms with Crippen LogP contribution in [0.15, 0.2) is 72.8 Å². The van der Waals surface area contributed by atoms with Crippen molar-refractivity contribution in [3.05, 3.63) is 107 Å². The highest BCUT2D eigenvalue weighted by molar-refractivity contribution is 5.46. The molecular weight excluding hydrogens is 301 g/mol. The van der Waals surface area contributed by atoms with Crippen molar-refractivity contribution < 1.29 is 18.3 Å². The molecule has 0 fully saturated rings. The molecule has 0 aromatic heterocycles. The molecule has 1 nitrogen and oxygen atoms in total. The molecule has 0 unspecified atom stereocenters. The lowest BCUT2D eigenvalue weighted by Gasteiger charge is -2.30. The van der Waals surface area contributed by atoms with Crippen LogP contribution in [0.1, 0.15) is 16.7 Å². The lowest BCUT2D eigenvalue weighted by atomic mass is 9.80. The number of benzene rings is 3. The third-order valence-electron chi connectivity index (χ3n) is 3.79. The molecule has 0 saturated carbocycles. The minimum Gasteiger partial charge on any atom is -0.376 e. The molecule has 0 aliphatic carbocycles. The van der Waals surface area contributed by atoms with Crippen LogP contribution in [0.3, 0.4) is 0 Å². The van der Waals surface area contributed by atoms with Crippen LogP contribution in [0, 0.1) is 17.5 Å². The molecule has 1 N–H and O–H groups in total. The maximum Gasteiger partial charge on any atom is 0.140 e. The van der Waals surface area contributed by atoms with Gasteiger partial charge in [-0.05, 0) is 53.1 Å². The van der Waals surface area contributed by atoms with Gasteiger partial charge in [0.25, 0.3) is 0 Å². The third-order valence-corrected chi connectivity index (χ3v) is 3.79. The quantitative estimate of drug-likeness (QED) is 0.711. The van der Waals surface area contributed by atoms with E-state index in [1.165, 1.54) is 72.8 Å². The summed E-state index contributed by atoms with van der Waals surface area (Å²) in [5.41, 5.74) is -0.443. The summed E-state index contributed by atoms with van der Waals surface area (Å²) < 4.78 is 39.6. The van der Waals surface area contributed by atoms with Gasteiger partial charge in [0, 0.05) is 0 Å². The predicted octanol–water partition coefficient (Wildman–Crippen LogP) is 4.39. The van der Waals surface area contributed by atoms with Crippen LogP contribution in [0.5, 0.6) is 0 Å². The highest BCUT2D eigenvalue weighted by Crippen LogP contribution is 2.36. The van der Waals surface area contributed by atoms with E-state index in [2.05, 4.69) is 0 Å². The first-order chi connectivity index (χ1) is 11.0. The van der Waals surface area contributed by atoms with Crippen LogP contribution < -0.4 is 0 Å². The van der Waals surface area contributed by atoms with E-state index >= 15 is 0 Å². The van der Waals surface area contributed by atoms with Crippen molar-refractivity contribution in [3.8, 4) is 0 Å². The zero-order chi connectivity index (χ0) is 16.4. The summed E-state index contributed by atoms with van der Waals surface area (Å²) >= 11 is 0. The first kappa shape index (κ1) is 15.3. The molecule has 0 saturated heterocycles. The Hall–Kier alpha value is -2.59. The summed E-state index contributed by atoms with van der Waals surface area (Å²) in [6, 6.07) is 16.1. The molecule has 0 heterocycles. The van der Waals surface area contributed by atoms with Gasteiger partial charge < -0.3 is 5.11 Å². The van der Waals surface area contributed by atoms with E-state index in [-0.39, 0.29) is 0 Å². The van der Waals surface area contributed by atoms with Gasteiger partial charge in [0.2, 0.25) is 0 Å². The Morgan fingerprint density at radius 3 is 0.913 bits per heavy atom. The molecule has 0 bridgehead atoms. The molecule has 3 rings (SSSR count). The van der Waals surface area contributed by atoms with Gasteiger partial charge in [-0.25, -0.2) is 13.2 Å².